The summed E-state index contributed by atoms with van der Waals surface area (Å²) in [6.07, 6.45) is 2.53. The minimum atomic E-state index is -0.582. The number of rotatable bonds is 2. The van der Waals surface area contributed by atoms with Gasteiger partial charge in [0, 0.05) is 5.56 Å². The van der Waals surface area contributed by atoms with Gasteiger partial charge in [0.2, 0.25) is 0 Å². The van der Waals surface area contributed by atoms with E-state index >= 15 is 0 Å². The Morgan fingerprint density at radius 1 is 1.46 bits per heavy atom. The van der Waals surface area contributed by atoms with Gasteiger partial charge in [0.05, 0.1) is 16.3 Å². The van der Waals surface area contributed by atoms with Crippen LogP contribution >= 0.6 is 27.3 Å². The van der Waals surface area contributed by atoms with Crippen LogP contribution in [0.25, 0.3) is 0 Å². The van der Waals surface area contributed by atoms with Crippen molar-refractivity contribution in [2.24, 2.45) is 0 Å². The molecule has 0 saturated heterocycles. The fourth-order valence-corrected chi connectivity index (χ4v) is 2.28. The van der Waals surface area contributed by atoms with E-state index in [2.05, 4.69) is 15.9 Å². The van der Waals surface area contributed by atoms with Gasteiger partial charge in [0.25, 0.3) is 0 Å². The average molecular weight is 259 g/mol. The van der Waals surface area contributed by atoms with E-state index in [1.54, 1.807) is 29.9 Å². The van der Waals surface area contributed by atoms with Crippen LogP contribution in [0.3, 0.4) is 0 Å². The number of hydrogen-bond acceptors (Lipinski definition) is 3. The predicted octanol–water partition coefficient (Wildman–Crippen LogP) is 3.19. The molecule has 4 heteroatoms. The van der Waals surface area contributed by atoms with Crippen molar-refractivity contribution in [1.82, 2.24) is 0 Å². The summed E-state index contributed by atoms with van der Waals surface area (Å²) >= 11 is 4.90. The fourth-order valence-electron chi connectivity index (χ4n) is 1.09. The Balaban J connectivity index is 2.28. The standard InChI is InChI=1S/C9H7BrO2S/c10-8-3-7(5-13-8)9(11)6-1-2-12-4-6/h1-5,9,11H. The Hall–Kier alpha value is -0.580. The van der Waals surface area contributed by atoms with Crippen molar-refractivity contribution < 1.29 is 9.52 Å². The van der Waals surface area contributed by atoms with Crippen molar-refractivity contribution in [2.45, 2.75) is 6.10 Å². The zero-order valence-electron chi connectivity index (χ0n) is 6.61. The lowest BCUT2D eigenvalue weighted by atomic mass is 10.1. The summed E-state index contributed by atoms with van der Waals surface area (Å²) in [7, 11) is 0. The molecule has 0 bridgehead atoms. The van der Waals surface area contributed by atoms with Crippen molar-refractivity contribution in [3.8, 4) is 0 Å². The Morgan fingerprint density at radius 3 is 2.85 bits per heavy atom. The van der Waals surface area contributed by atoms with Crippen LogP contribution < -0.4 is 0 Å². The average Bonchev–Trinajstić information content (AvgIpc) is 2.72. The predicted molar refractivity (Wildman–Crippen MR) is 54.8 cm³/mol. The van der Waals surface area contributed by atoms with Crippen LogP contribution in [0, 0.1) is 0 Å². The van der Waals surface area contributed by atoms with Crippen molar-refractivity contribution in [2.75, 3.05) is 0 Å². The van der Waals surface area contributed by atoms with Crippen molar-refractivity contribution in [1.29, 1.82) is 0 Å². The van der Waals surface area contributed by atoms with Gasteiger partial charge < -0.3 is 9.52 Å². The second-order valence-electron chi connectivity index (χ2n) is 2.64. The summed E-state index contributed by atoms with van der Waals surface area (Å²) in [5, 5.41) is 11.7. The van der Waals surface area contributed by atoms with E-state index in [0.29, 0.717) is 0 Å². The number of aliphatic hydroxyl groups is 1. The molecule has 1 unspecified atom stereocenters. The minimum Gasteiger partial charge on any atom is -0.472 e. The van der Waals surface area contributed by atoms with Gasteiger partial charge in [-0.05, 0) is 39.0 Å². The zero-order chi connectivity index (χ0) is 9.26. The molecule has 1 atom stereocenters. The summed E-state index contributed by atoms with van der Waals surface area (Å²) in [6, 6.07) is 3.67. The SMILES string of the molecule is OC(c1ccoc1)c1csc(Br)c1. The van der Waals surface area contributed by atoms with Crippen LogP contribution in [0.4, 0.5) is 0 Å². The second-order valence-corrected chi connectivity index (χ2v) is 4.93. The molecular formula is C9H7BrO2S. The van der Waals surface area contributed by atoms with E-state index in [9.17, 15) is 5.11 Å². The molecule has 0 spiro atoms. The van der Waals surface area contributed by atoms with Crippen molar-refractivity contribution in [3.05, 3.63) is 45.0 Å². The molecule has 2 aromatic rings. The molecule has 2 rings (SSSR count). The Morgan fingerprint density at radius 2 is 2.31 bits per heavy atom. The van der Waals surface area contributed by atoms with Gasteiger partial charge in [0.15, 0.2) is 0 Å². The van der Waals surface area contributed by atoms with Gasteiger partial charge in [-0.2, -0.15) is 0 Å². The third-order valence-corrected chi connectivity index (χ3v) is 3.29. The number of aliphatic hydroxyl groups excluding tert-OH is 1. The highest BCUT2D eigenvalue weighted by atomic mass is 79.9. The molecule has 2 aromatic heterocycles. The molecule has 0 aromatic carbocycles. The molecule has 0 amide bonds. The third kappa shape index (κ3) is 1.85. The second kappa shape index (κ2) is 3.65. The van der Waals surface area contributed by atoms with E-state index in [1.807, 2.05) is 11.4 Å². The zero-order valence-corrected chi connectivity index (χ0v) is 9.01. The summed E-state index contributed by atoms with van der Waals surface area (Å²) < 4.78 is 5.91. The highest BCUT2D eigenvalue weighted by molar-refractivity contribution is 9.11. The molecule has 0 aliphatic rings. The highest BCUT2D eigenvalue weighted by Crippen LogP contribution is 2.29. The summed E-state index contributed by atoms with van der Waals surface area (Å²) in [5.41, 5.74) is 1.67. The van der Waals surface area contributed by atoms with E-state index in [-0.39, 0.29) is 0 Å². The van der Waals surface area contributed by atoms with Crippen LogP contribution in [-0.4, -0.2) is 5.11 Å². The first kappa shape index (κ1) is 8.99. The largest absolute Gasteiger partial charge is 0.472 e. The number of thiophene rings is 1. The quantitative estimate of drug-likeness (QED) is 0.898. The van der Waals surface area contributed by atoms with Crippen LogP contribution in [0.5, 0.6) is 0 Å². The summed E-state index contributed by atoms with van der Waals surface area (Å²) in [6.45, 7) is 0. The minimum absolute atomic E-state index is 0.582. The smallest absolute Gasteiger partial charge is 0.108 e. The Bertz CT molecular complexity index is 380. The molecule has 2 heterocycles. The molecule has 0 saturated carbocycles. The van der Waals surface area contributed by atoms with Gasteiger partial charge in [-0.15, -0.1) is 11.3 Å². The maximum absolute atomic E-state index is 9.82. The first-order valence-corrected chi connectivity index (χ1v) is 5.39. The van der Waals surface area contributed by atoms with E-state index in [0.717, 1.165) is 14.9 Å². The van der Waals surface area contributed by atoms with Crippen molar-refractivity contribution in [3.63, 3.8) is 0 Å². The highest BCUT2D eigenvalue weighted by Gasteiger charge is 2.12. The number of furan rings is 1. The Kier molecular flexibility index (Phi) is 2.53. The normalized spacial score (nSPS) is 13.1. The molecule has 0 radical (unpaired) electrons. The van der Waals surface area contributed by atoms with Crippen LogP contribution in [0.2, 0.25) is 0 Å². The van der Waals surface area contributed by atoms with E-state index < -0.39 is 6.10 Å². The Labute approximate surface area is 87.9 Å². The first-order valence-electron chi connectivity index (χ1n) is 3.71. The van der Waals surface area contributed by atoms with Crippen LogP contribution in [0.1, 0.15) is 17.2 Å². The lowest BCUT2D eigenvalue weighted by Crippen LogP contribution is -1.94. The first-order chi connectivity index (χ1) is 6.27. The molecular weight excluding hydrogens is 252 g/mol. The van der Waals surface area contributed by atoms with Crippen LogP contribution in [0.15, 0.2) is 38.2 Å². The van der Waals surface area contributed by atoms with Crippen LogP contribution in [-0.2, 0) is 0 Å². The molecule has 0 fully saturated rings. The van der Waals surface area contributed by atoms with E-state index in [1.165, 1.54) is 0 Å². The lowest BCUT2D eigenvalue weighted by Gasteiger charge is -2.04. The molecule has 68 valence electrons. The van der Waals surface area contributed by atoms with Gasteiger partial charge in [-0.25, -0.2) is 0 Å². The monoisotopic (exact) mass is 258 g/mol. The van der Waals surface area contributed by atoms with Gasteiger partial charge in [-0.3, -0.25) is 0 Å². The van der Waals surface area contributed by atoms with E-state index in [4.69, 9.17) is 4.42 Å². The van der Waals surface area contributed by atoms with Gasteiger partial charge in [-0.1, -0.05) is 0 Å². The number of halogens is 1. The molecule has 0 aliphatic heterocycles. The molecule has 2 nitrogen and oxygen atoms in total. The van der Waals surface area contributed by atoms with Gasteiger partial charge in [0.1, 0.15) is 6.10 Å². The summed E-state index contributed by atoms with van der Waals surface area (Å²) in [4.78, 5) is 0. The fraction of sp³-hybridized carbons (Fsp3) is 0.111. The molecule has 0 aliphatic carbocycles. The molecule has 13 heavy (non-hydrogen) atoms. The number of hydrogen-bond donors (Lipinski definition) is 1. The maximum atomic E-state index is 9.82. The topological polar surface area (TPSA) is 33.4 Å². The lowest BCUT2D eigenvalue weighted by molar-refractivity contribution is 0.219. The van der Waals surface area contributed by atoms with Gasteiger partial charge >= 0.3 is 0 Å². The summed E-state index contributed by atoms with van der Waals surface area (Å²) in [5.74, 6) is 0. The maximum Gasteiger partial charge on any atom is 0.108 e. The van der Waals surface area contributed by atoms with Crippen molar-refractivity contribution >= 4 is 27.3 Å². The molecule has 1 N–H and O–H groups in total. The third-order valence-electron chi connectivity index (χ3n) is 1.76.